The van der Waals surface area contributed by atoms with Crippen molar-refractivity contribution in [3.05, 3.63) is 29.3 Å². The van der Waals surface area contributed by atoms with E-state index in [0.29, 0.717) is 0 Å². The second-order valence-corrected chi connectivity index (χ2v) is 4.53. The zero-order valence-electron chi connectivity index (χ0n) is 8.19. The van der Waals surface area contributed by atoms with E-state index in [1.54, 1.807) is 7.11 Å². The van der Waals surface area contributed by atoms with Crippen LogP contribution in [0.3, 0.4) is 0 Å². The molecule has 1 N–H and O–H groups in total. The number of benzene rings is 1. The van der Waals surface area contributed by atoms with Gasteiger partial charge < -0.3 is 9.84 Å². The Balaban J connectivity index is 2.39. The van der Waals surface area contributed by atoms with Gasteiger partial charge in [-0.1, -0.05) is 6.07 Å². The lowest BCUT2D eigenvalue weighted by atomic mass is 10.0. The van der Waals surface area contributed by atoms with Crippen molar-refractivity contribution in [2.45, 2.75) is 18.3 Å². The molecule has 76 valence electrons. The van der Waals surface area contributed by atoms with Gasteiger partial charge in [0.1, 0.15) is 5.75 Å². The molecule has 1 unspecified atom stereocenters. The summed E-state index contributed by atoms with van der Waals surface area (Å²) in [6.45, 7) is 0. The quantitative estimate of drug-likeness (QED) is 0.771. The number of thioether (sulfide) groups is 1. The van der Waals surface area contributed by atoms with Gasteiger partial charge in [-0.05, 0) is 35.4 Å². The Morgan fingerprint density at radius 3 is 3.14 bits per heavy atom. The van der Waals surface area contributed by atoms with Crippen molar-refractivity contribution in [2.75, 3.05) is 12.9 Å². The van der Waals surface area contributed by atoms with E-state index in [0.717, 1.165) is 29.2 Å². The minimum absolute atomic E-state index is 0.324. The standard InChI is InChI=1S/C11H14O2S/c1-13-9-3-2-8-7-14-5-4-11(12)10(8)6-9/h2-3,6,11-12H,4-5,7H2,1H3. The van der Waals surface area contributed by atoms with Crippen molar-refractivity contribution in [1.82, 2.24) is 0 Å². The molecule has 3 heteroatoms. The van der Waals surface area contributed by atoms with E-state index in [1.165, 1.54) is 5.56 Å². The summed E-state index contributed by atoms with van der Waals surface area (Å²) in [7, 11) is 1.65. The maximum absolute atomic E-state index is 9.89. The number of hydrogen-bond acceptors (Lipinski definition) is 3. The Hall–Kier alpha value is -0.670. The minimum Gasteiger partial charge on any atom is -0.497 e. The van der Waals surface area contributed by atoms with Crippen LogP contribution in [-0.2, 0) is 5.75 Å². The van der Waals surface area contributed by atoms with Crippen LogP contribution in [0, 0.1) is 0 Å². The van der Waals surface area contributed by atoms with E-state index < -0.39 is 0 Å². The lowest BCUT2D eigenvalue weighted by Gasteiger charge is -2.12. The van der Waals surface area contributed by atoms with E-state index >= 15 is 0 Å². The molecule has 1 aromatic rings. The van der Waals surface area contributed by atoms with Crippen molar-refractivity contribution in [2.24, 2.45) is 0 Å². The van der Waals surface area contributed by atoms with Gasteiger partial charge in [0.2, 0.25) is 0 Å². The van der Waals surface area contributed by atoms with Crippen molar-refractivity contribution in [3.63, 3.8) is 0 Å². The fraction of sp³-hybridized carbons (Fsp3) is 0.455. The van der Waals surface area contributed by atoms with Gasteiger partial charge >= 0.3 is 0 Å². The van der Waals surface area contributed by atoms with Crippen LogP contribution in [0.25, 0.3) is 0 Å². The number of ether oxygens (including phenoxy) is 1. The molecule has 0 aliphatic carbocycles. The Morgan fingerprint density at radius 1 is 1.50 bits per heavy atom. The first-order valence-corrected chi connectivity index (χ1v) is 5.89. The monoisotopic (exact) mass is 210 g/mol. The molecule has 0 saturated carbocycles. The summed E-state index contributed by atoms with van der Waals surface area (Å²) in [5.74, 6) is 2.85. The Bertz CT molecular complexity index is 325. The topological polar surface area (TPSA) is 29.5 Å². The molecule has 1 atom stereocenters. The molecular formula is C11H14O2S. The number of methoxy groups -OCH3 is 1. The summed E-state index contributed by atoms with van der Waals surface area (Å²) in [6, 6.07) is 5.96. The smallest absolute Gasteiger partial charge is 0.119 e. The fourth-order valence-electron chi connectivity index (χ4n) is 1.67. The van der Waals surface area contributed by atoms with Gasteiger partial charge in [0.25, 0.3) is 0 Å². The molecule has 0 aromatic heterocycles. The molecule has 0 radical (unpaired) electrons. The molecular weight excluding hydrogens is 196 g/mol. The number of aliphatic hydroxyl groups excluding tert-OH is 1. The fourth-order valence-corrected chi connectivity index (χ4v) is 2.69. The zero-order valence-corrected chi connectivity index (χ0v) is 9.01. The number of rotatable bonds is 1. The third-order valence-electron chi connectivity index (χ3n) is 2.51. The van der Waals surface area contributed by atoms with Crippen LogP contribution in [0.15, 0.2) is 18.2 Å². The molecule has 0 fully saturated rings. The van der Waals surface area contributed by atoms with Crippen LogP contribution >= 0.6 is 11.8 Å². The van der Waals surface area contributed by atoms with E-state index in [1.807, 2.05) is 23.9 Å². The molecule has 2 rings (SSSR count). The van der Waals surface area contributed by atoms with Gasteiger partial charge in [-0.3, -0.25) is 0 Å². The van der Waals surface area contributed by atoms with Crippen LogP contribution in [0.1, 0.15) is 23.7 Å². The predicted molar refractivity (Wildman–Crippen MR) is 58.7 cm³/mol. The molecule has 0 saturated heterocycles. The summed E-state index contributed by atoms with van der Waals surface area (Å²) in [4.78, 5) is 0. The van der Waals surface area contributed by atoms with Gasteiger partial charge in [-0.25, -0.2) is 0 Å². The summed E-state index contributed by atoms with van der Waals surface area (Å²) in [6.07, 6.45) is 0.514. The lowest BCUT2D eigenvalue weighted by molar-refractivity contribution is 0.174. The highest BCUT2D eigenvalue weighted by Crippen LogP contribution is 2.32. The van der Waals surface area contributed by atoms with Gasteiger partial charge in [0.15, 0.2) is 0 Å². The molecule has 1 aliphatic rings. The summed E-state index contributed by atoms with van der Waals surface area (Å²) >= 11 is 1.87. The molecule has 2 nitrogen and oxygen atoms in total. The van der Waals surface area contributed by atoms with E-state index in [9.17, 15) is 5.11 Å². The van der Waals surface area contributed by atoms with Crippen LogP contribution < -0.4 is 4.74 Å². The first-order chi connectivity index (χ1) is 6.81. The summed E-state index contributed by atoms with van der Waals surface area (Å²) in [5, 5.41) is 9.89. The van der Waals surface area contributed by atoms with Crippen molar-refractivity contribution in [1.29, 1.82) is 0 Å². The third kappa shape index (κ3) is 1.88. The molecule has 0 spiro atoms. The second-order valence-electron chi connectivity index (χ2n) is 3.42. The number of fused-ring (bicyclic) bond motifs is 1. The largest absolute Gasteiger partial charge is 0.497 e. The average Bonchev–Trinajstić information content (AvgIpc) is 2.40. The number of aliphatic hydroxyl groups is 1. The lowest BCUT2D eigenvalue weighted by Crippen LogP contribution is -2.00. The van der Waals surface area contributed by atoms with Crippen molar-refractivity contribution < 1.29 is 9.84 Å². The van der Waals surface area contributed by atoms with E-state index in [-0.39, 0.29) is 6.10 Å². The van der Waals surface area contributed by atoms with Crippen LogP contribution in [0.4, 0.5) is 0 Å². The van der Waals surface area contributed by atoms with Gasteiger partial charge in [0.05, 0.1) is 13.2 Å². The predicted octanol–water partition coefficient (Wildman–Crippen LogP) is 2.37. The number of hydrogen-bond donors (Lipinski definition) is 1. The minimum atomic E-state index is -0.324. The highest BCUT2D eigenvalue weighted by atomic mass is 32.2. The van der Waals surface area contributed by atoms with Gasteiger partial charge in [-0.15, -0.1) is 0 Å². The van der Waals surface area contributed by atoms with Crippen LogP contribution in [0.5, 0.6) is 5.75 Å². The normalized spacial score (nSPS) is 21.1. The highest BCUT2D eigenvalue weighted by Gasteiger charge is 2.16. The molecule has 0 amide bonds. The third-order valence-corrected chi connectivity index (χ3v) is 3.54. The summed E-state index contributed by atoms with van der Waals surface area (Å²) in [5.41, 5.74) is 2.27. The van der Waals surface area contributed by atoms with E-state index in [2.05, 4.69) is 6.07 Å². The summed E-state index contributed by atoms with van der Waals surface area (Å²) < 4.78 is 5.15. The molecule has 1 aliphatic heterocycles. The molecule has 0 bridgehead atoms. The SMILES string of the molecule is COc1ccc2c(c1)C(O)CCSC2. The first kappa shape index (κ1) is 9.87. The Kier molecular flexibility index (Phi) is 2.99. The second kappa shape index (κ2) is 4.24. The molecule has 14 heavy (non-hydrogen) atoms. The van der Waals surface area contributed by atoms with Gasteiger partial charge in [-0.2, -0.15) is 11.8 Å². The Labute approximate surface area is 88.3 Å². The first-order valence-electron chi connectivity index (χ1n) is 4.74. The highest BCUT2D eigenvalue weighted by molar-refractivity contribution is 7.98. The van der Waals surface area contributed by atoms with Crippen molar-refractivity contribution >= 4 is 11.8 Å². The molecule has 1 heterocycles. The Morgan fingerprint density at radius 2 is 2.36 bits per heavy atom. The van der Waals surface area contributed by atoms with Crippen molar-refractivity contribution in [3.8, 4) is 5.75 Å². The average molecular weight is 210 g/mol. The maximum atomic E-state index is 9.89. The molecule has 1 aromatic carbocycles. The van der Waals surface area contributed by atoms with Crippen LogP contribution in [0.2, 0.25) is 0 Å². The maximum Gasteiger partial charge on any atom is 0.119 e. The van der Waals surface area contributed by atoms with Crippen LogP contribution in [-0.4, -0.2) is 18.0 Å². The van der Waals surface area contributed by atoms with Gasteiger partial charge in [0, 0.05) is 5.75 Å². The van der Waals surface area contributed by atoms with E-state index in [4.69, 9.17) is 4.74 Å². The zero-order chi connectivity index (χ0) is 9.97.